The van der Waals surface area contributed by atoms with Gasteiger partial charge < -0.3 is 25.0 Å². The van der Waals surface area contributed by atoms with Gasteiger partial charge in [0.15, 0.2) is 11.4 Å². The molecule has 3 aliphatic rings. The molecule has 38 heavy (non-hydrogen) atoms. The van der Waals surface area contributed by atoms with Crippen LogP contribution in [0.2, 0.25) is 0 Å². The fourth-order valence-corrected chi connectivity index (χ4v) is 5.66. The minimum atomic E-state index is -1.29. The topological polar surface area (TPSA) is 127 Å². The highest BCUT2D eigenvalue weighted by Crippen LogP contribution is 2.49. The molecule has 0 aliphatic carbocycles. The molecular formula is C24H24F4N4O6. The molecule has 2 aromatic rings. The number of fused-ring (bicyclic) bond motifs is 5. The number of aromatic nitrogens is 1. The first-order chi connectivity index (χ1) is 18.0. The first kappa shape index (κ1) is 26.1. The molecule has 1 spiro atoms. The van der Waals surface area contributed by atoms with Crippen molar-refractivity contribution in [3.05, 3.63) is 62.8 Å². The molecule has 10 nitrogen and oxygen atoms in total. The molecule has 0 radical (unpaired) electrons. The van der Waals surface area contributed by atoms with E-state index in [0.717, 1.165) is 6.20 Å². The maximum Gasteiger partial charge on any atom is 0.274 e. The number of halogens is 4. The smallest absolute Gasteiger partial charge is 0.274 e. The number of hydrogen-bond acceptors (Lipinski definition) is 7. The van der Waals surface area contributed by atoms with Crippen LogP contribution in [0.4, 0.5) is 17.6 Å². The van der Waals surface area contributed by atoms with Gasteiger partial charge in [0.25, 0.3) is 11.8 Å². The Labute approximate surface area is 213 Å². The van der Waals surface area contributed by atoms with Crippen molar-refractivity contribution in [3.8, 4) is 5.75 Å². The second-order valence-corrected chi connectivity index (χ2v) is 9.63. The zero-order chi connectivity index (χ0) is 27.5. The van der Waals surface area contributed by atoms with Crippen LogP contribution < -0.4 is 11.2 Å². The summed E-state index contributed by atoms with van der Waals surface area (Å²) < 4.78 is 63.1. The number of ether oxygens (including phenoxy) is 1. The largest absolute Gasteiger partial charge is 0.503 e. The summed E-state index contributed by atoms with van der Waals surface area (Å²) in [6, 6.07) is -0.722. The second-order valence-electron chi connectivity index (χ2n) is 9.63. The Kier molecular flexibility index (Phi) is 6.44. The SMILES string of the molecule is COC1C[C@]2(CC[C@H](CF)N3C[C@H]2n2cc(C(N)=O)c(=O)c(O)c2C3=O)ON1Cc1c(F)cc(F)cc1F. The molecule has 1 unspecified atom stereocenters. The Bertz CT molecular complexity index is 1360. The number of carbonyl (C=O) groups excluding carboxylic acids is 2. The third kappa shape index (κ3) is 3.94. The predicted molar refractivity (Wildman–Crippen MR) is 121 cm³/mol. The van der Waals surface area contributed by atoms with Crippen molar-refractivity contribution in [1.82, 2.24) is 14.5 Å². The number of amides is 2. The first-order valence-corrected chi connectivity index (χ1v) is 11.8. The summed E-state index contributed by atoms with van der Waals surface area (Å²) in [6.07, 6.45) is 0.505. The number of carbonyl (C=O) groups is 2. The van der Waals surface area contributed by atoms with E-state index in [1.54, 1.807) is 0 Å². The molecule has 4 heterocycles. The Hall–Kier alpha value is -3.49. The molecule has 5 rings (SSSR count). The molecule has 0 saturated carbocycles. The highest BCUT2D eigenvalue weighted by molar-refractivity contribution is 5.99. The van der Waals surface area contributed by atoms with Crippen LogP contribution in [-0.4, -0.2) is 69.7 Å². The summed E-state index contributed by atoms with van der Waals surface area (Å²) in [5.41, 5.74) is 1.39. The number of pyridine rings is 1. The number of alkyl halides is 1. The van der Waals surface area contributed by atoms with Crippen LogP contribution in [0.5, 0.6) is 5.75 Å². The van der Waals surface area contributed by atoms with E-state index < -0.39 is 94.4 Å². The first-order valence-electron chi connectivity index (χ1n) is 11.8. The van der Waals surface area contributed by atoms with E-state index in [0.29, 0.717) is 12.1 Å². The van der Waals surface area contributed by atoms with E-state index in [9.17, 15) is 37.1 Å². The minimum Gasteiger partial charge on any atom is -0.503 e. The lowest BCUT2D eigenvalue weighted by atomic mass is 9.85. The summed E-state index contributed by atoms with van der Waals surface area (Å²) in [4.78, 5) is 45.3. The van der Waals surface area contributed by atoms with Gasteiger partial charge in [-0.1, -0.05) is 0 Å². The quantitative estimate of drug-likeness (QED) is 0.554. The van der Waals surface area contributed by atoms with Crippen molar-refractivity contribution in [2.45, 2.75) is 49.7 Å². The third-order valence-electron chi connectivity index (χ3n) is 7.60. The van der Waals surface area contributed by atoms with E-state index in [-0.39, 0.29) is 25.8 Å². The van der Waals surface area contributed by atoms with Gasteiger partial charge in [-0.2, -0.15) is 5.06 Å². The van der Waals surface area contributed by atoms with E-state index in [1.807, 2.05) is 0 Å². The average molecular weight is 540 g/mol. The number of rotatable bonds is 5. The molecular weight excluding hydrogens is 516 g/mol. The maximum atomic E-state index is 14.4. The average Bonchev–Trinajstić information content (AvgIpc) is 3.15. The number of methoxy groups -OCH3 is 1. The number of hydroxylamine groups is 2. The van der Waals surface area contributed by atoms with Gasteiger partial charge in [-0.25, -0.2) is 17.6 Å². The van der Waals surface area contributed by atoms with Crippen molar-refractivity contribution in [2.75, 3.05) is 20.3 Å². The molecule has 1 aromatic carbocycles. The molecule has 2 fully saturated rings. The van der Waals surface area contributed by atoms with Crippen LogP contribution >= 0.6 is 0 Å². The number of primary amides is 1. The second kappa shape index (κ2) is 9.36. The fraction of sp³-hybridized carbons (Fsp3) is 0.458. The standard InChI is InChI=1S/C24H24F4N4O6/c1-37-18-6-24(38-32(18)9-13-15(27)4-11(26)5-16(13)28)3-2-12(7-25)30-10-17(24)31-8-14(22(29)35)20(33)21(34)19(31)23(30)36/h4-5,8,12,17-18,34H,2-3,6-7,9-10H2,1H3,(H2,29,35)/t12-,17-,18?,24+/m1/s1. The van der Waals surface area contributed by atoms with E-state index in [1.165, 1.54) is 21.6 Å². The normalized spacial score (nSPS) is 27.0. The molecule has 4 atom stereocenters. The van der Waals surface area contributed by atoms with Gasteiger partial charge in [0.05, 0.1) is 18.6 Å². The maximum absolute atomic E-state index is 14.4. The molecule has 1 aromatic heterocycles. The van der Waals surface area contributed by atoms with Gasteiger partial charge >= 0.3 is 0 Å². The zero-order valence-electron chi connectivity index (χ0n) is 20.1. The van der Waals surface area contributed by atoms with Crippen LogP contribution in [0.25, 0.3) is 0 Å². The lowest BCUT2D eigenvalue weighted by molar-refractivity contribution is -0.253. The Morgan fingerprint density at radius 2 is 1.95 bits per heavy atom. The fourth-order valence-electron chi connectivity index (χ4n) is 5.66. The van der Waals surface area contributed by atoms with E-state index in [4.69, 9.17) is 15.3 Å². The van der Waals surface area contributed by atoms with Crippen LogP contribution in [0.15, 0.2) is 23.1 Å². The monoisotopic (exact) mass is 540 g/mol. The van der Waals surface area contributed by atoms with Gasteiger partial charge in [0.1, 0.15) is 41.5 Å². The van der Waals surface area contributed by atoms with Gasteiger partial charge in [-0.3, -0.25) is 19.2 Å². The van der Waals surface area contributed by atoms with Gasteiger partial charge in [-0.15, -0.1) is 0 Å². The van der Waals surface area contributed by atoms with E-state index >= 15 is 0 Å². The number of benzene rings is 1. The molecule has 2 saturated heterocycles. The molecule has 3 N–H and O–H groups in total. The zero-order valence-corrected chi connectivity index (χ0v) is 20.1. The predicted octanol–water partition coefficient (Wildman–Crippen LogP) is 1.75. The highest BCUT2D eigenvalue weighted by atomic mass is 19.1. The Balaban J connectivity index is 1.63. The van der Waals surface area contributed by atoms with Gasteiger partial charge in [0, 0.05) is 44.0 Å². The third-order valence-corrected chi connectivity index (χ3v) is 7.60. The number of hydrogen-bond donors (Lipinski definition) is 2. The number of nitrogens with zero attached hydrogens (tertiary/aromatic N) is 3. The van der Waals surface area contributed by atoms with Gasteiger partial charge in [0.2, 0.25) is 5.43 Å². The van der Waals surface area contributed by atoms with Crippen molar-refractivity contribution < 1.29 is 41.8 Å². The van der Waals surface area contributed by atoms with Crippen LogP contribution in [0.1, 0.15) is 51.7 Å². The van der Waals surface area contributed by atoms with Crippen LogP contribution in [0.3, 0.4) is 0 Å². The van der Waals surface area contributed by atoms with E-state index in [2.05, 4.69) is 0 Å². The molecule has 2 amide bonds. The summed E-state index contributed by atoms with van der Waals surface area (Å²) in [5.74, 6) is -6.30. The number of aromatic hydroxyl groups is 1. The van der Waals surface area contributed by atoms with Crippen molar-refractivity contribution >= 4 is 11.8 Å². The Morgan fingerprint density at radius 3 is 2.55 bits per heavy atom. The summed E-state index contributed by atoms with van der Waals surface area (Å²) >= 11 is 0. The Morgan fingerprint density at radius 1 is 1.26 bits per heavy atom. The van der Waals surface area contributed by atoms with Crippen molar-refractivity contribution in [2.24, 2.45) is 5.73 Å². The molecule has 204 valence electrons. The summed E-state index contributed by atoms with van der Waals surface area (Å²) in [5, 5.41) is 11.8. The minimum absolute atomic E-state index is 0.0673. The summed E-state index contributed by atoms with van der Waals surface area (Å²) in [7, 11) is 1.34. The van der Waals surface area contributed by atoms with Crippen LogP contribution in [0, 0.1) is 17.5 Å². The molecule has 3 aliphatic heterocycles. The molecule has 14 heteroatoms. The highest BCUT2D eigenvalue weighted by Gasteiger charge is 2.57. The lowest BCUT2D eigenvalue weighted by Crippen LogP contribution is -2.53. The van der Waals surface area contributed by atoms with Gasteiger partial charge in [-0.05, 0) is 12.8 Å². The van der Waals surface area contributed by atoms with Crippen LogP contribution in [-0.2, 0) is 16.1 Å². The number of nitrogens with two attached hydrogens (primary N) is 1. The van der Waals surface area contributed by atoms with Crippen molar-refractivity contribution in [1.29, 1.82) is 0 Å². The summed E-state index contributed by atoms with van der Waals surface area (Å²) in [6.45, 7) is -1.51. The lowest BCUT2D eigenvalue weighted by Gasteiger charge is -2.42. The molecule has 2 bridgehead atoms. The van der Waals surface area contributed by atoms with Crippen molar-refractivity contribution in [3.63, 3.8) is 0 Å².